The molecule has 0 aliphatic heterocycles. The van der Waals surface area contributed by atoms with E-state index in [0.29, 0.717) is 0 Å². The molecule has 0 amide bonds. The van der Waals surface area contributed by atoms with E-state index in [-0.39, 0.29) is 0 Å². The van der Waals surface area contributed by atoms with Crippen LogP contribution in [0.15, 0.2) is 0 Å². The van der Waals surface area contributed by atoms with Crippen molar-refractivity contribution in [2.24, 2.45) is 0 Å². The summed E-state index contributed by atoms with van der Waals surface area (Å²) in [4.78, 5) is 0. The summed E-state index contributed by atoms with van der Waals surface area (Å²) >= 11 is 1.92. The first-order valence-corrected chi connectivity index (χ1v) is 4.60. The van der Waals surface area contributed by atoms with Gasteiger partial charge in [-0.25, -0.2) is 0 Å². The van der Waals surface area contributed by atoms with Crippen LogP contribution in [0.4, 0.5) is 0 Å². The van der Waals surface area contributed by atoms with Gasteiger partial charge in [-0.15, -0.1) is 17.7 Å². The van der Waals surface area contributed by atoms with Crippen LogP contribution in [0.1, 0.15) is 26.7 Å². The molecule has 0 N–H and O–H groups in total. The van der Waals surface area contributed by atoms with Gasteiger partial charge in [-0.2, -0.15) is 0 Å². The lowest BCUT2D eigenvalue weighted by Crippen LogP contribution is -1.75. The molecule has 0 unspecified atom stereocenters. The van der Waals surface area contributed by atoms with Crippen LogP contribution in [-0.4, -0.2) is 11.5 Å². The molecular weight excluding hydrogens is 128 g/mol. The fourth-order valence-corrected chi connectivity index (χ4v) is 1.08. The number of hydrogen-bond acceptors (Lipinski definition) is 1. The van der Waals surface area contributed by atoms with Crippen LogP contribution in [-0.2, 0) is 0 Å². The largest absolute Gasteiger partial charge is 0.149 e. The molecule has 0 saturated carbocycles. The van der Waals surface area contributed by atoms with E-state index in [1.54, 1.807) is 0 Å². The Hall–Kier alpha value is -0.0900. The fraction of sp³-hybridized carbons (Fsp3) is 0.750. The van der Waals surface area contributed by atoms with E-state index >= 15 is 0 Å². The average molecular weight is 142 g/mol. The third kappa shape index (κ3) is 7.91. The molecule has 0 radical (unpaired) electrons. The van der Waals surface area contributed by atoms with Gasteiger partial charge >= 0.3 is 0 Å². The molecule has 9 heavy (non-hydrogen) atoms. The second kappa shape index (κ2) is 7.91. The van der Waals surface area contributed by atoms with E-state index in [1.165, 1.54) is 12.2 Å². The van der Waals surface area contributed by atoms with Crippen molar-refractivity contribution in [3.63, 3.8) is 0 Å². The lowest BCUT2D eigenvalue weighted by molar-refractivity contribution is 1.11. The Morgan fingerprint density at radius 1 is 1.22 bits per heavy atom. The lowest BCUT2D eigenvalue weighted by atomic mass is 10.5. The molecule has 0 nitrogen and oxygen atoms in total. The van der Waals surface area contributed by atoms with E-state index in [0.717, 1.165) is 12.2 Å². The molecule has 1 heteroatoms. The standard InChI is InChI=1S/C8H14S/c1-3-5-6-8-9-7-4-2/h3-4,7-8H2,1-2H3. The van der Waals surface area contributed by atoms with Gasteiger partial charge in [-0.1, -0.05) is 19.8 Å². The molecule has 0 atom stereocenters. The molecule has 0 spiro atoms. The second-order valence-corrected chi connectivity index (χ2v) is 2.86. The van der Waals surface area contributed by atoms with Gasteiger partial charge in [0.05, 0.1) is 5.75 Å². The maximum atomic E-state index is 3.08. The molecule has 0 aromatic rings. The van der Waals surface area contributed by atoms with E-state index in [9.17, 15) is 0 Å². The molecule has 0 aromatic heterocycles. The zero-order valence-electron chi connectivity index (χ0n) is 6.24. The van der Waals surface area contributed by atoms with Gasteiger partial charge in [-0.05, 0) is 12.2 Å². The van der Waals surface area contributed by atoms with Crippen LogP contribution in [0.3, 0.4) is 0 Å². The summed E-state index contributed by atoms with van der Waals surface area (Å²) in [5.41, 5.74) is 0. The zero-order valence-corrected chi connectivity index (χ0v) is 7.05. The fourth-order valence-electron chi connectivity index (χ4n) is 0.444. The molecule has 0 aromatic carbocycles. The van der Waals surface area contributed by atoms with Crippen LogP contribution in [0.2, 0.25) is 0 Å². The van der Waals surface area contributed by atoms with Gasteiger partial charge in [0.25, 0.3) is 0 Å². The Balaban J connectivity index is 2.90. The minimum absolute atomic E-state index is 0.993. The van der Waals surface area contributed by atoms with E-state index in [2.05, 4.69) is 25.7 Å². The average Bonchev–Trinajstić information content (AvgIpc) is 1.89. The minimum atomic E-state index is 0.993. The third-order valence-electron chi connectivity index (χ3n) is 0.824. The SMILES string of the molecule is CCC#CCSCCC. The van der Waals surface area contributed by atoms with Crippen molar-refractivity contribution in [2.45, 2.75) is 26.7 Å². The number of rotatable bonds is 3. The Bertz CT molecular complexity index is 96.9. The molecule has 0 bridgehead atoms. The quantitative estimate of drug-likeness (QED) is 0.431. The predicted molar refractivity (Wildman–Crippen MR) is 45.7 cm³/mol. The molecule has 0 fully saturated rings. The first-order valence-electron chi connectivity index (χ1n) is 3.45. The van der Waals surface area contributed by atoms with E-state index in [1.807, 2.05) is 11.8 Å². The highest BCUT2D eigenvalue weighted by Gasteiger charge is 1.78. The maximum Gasteiger partial charge on any atom is 0.0547 e. The Morgan fingerprint density at radius 3 is 2.56 bits per heavy atom. The van der Waals surface area contributed by atoms with Crippen molar-refractivity contribution in [1.82, 2.24) is 0 Å². The molecule has 0 heterocycles. The van der Waals surface area contributed by atoms with Gasteiger partial charge < -0.3 is 0 Å². The van der Waals surface area contributed by atoms with Crippen molar-refractivity contribution in [2.75, 3.05) is 11.5 Å². The van der Waals surface area contributed by atoms with E-state index in [4.69, 9.17) is 0 Å². The maximum absolute atomic E-state index is 3.08. The summed E-state index contributed by atoms with van der Waals surface area (Å²) < 4.78 is 0. The van der Waals surface area contributed by atoms with Crippen molar-refractivity contribution in [1.29, 1.82) is 0 Å². The van der Waals surface area contributed by atoms with Crippen molar-refractivity contribution >= 4 is 11.8 Å². The van der Waals surface area contributed by atoms with Gasteiger partial charge in [0.2, 0.25) is 0 Å². The smallest absolute Gasteiger partial charge is 0.0547 e. The Kier molecular flexibility index (Phi) is 7.83. The summed E-state index contributed by atoms with van der Waals surface area (Å²) in [5, 5.41) is 0. The van der Waals surface area contributed by atoms with Gasteiger partial charge in [-0.3, -0.25) is 0 Å². The molecule has 52 valence electrons. The summed E-state index contributed by atoms with van der Waals surface area (Å²) in [5.74, 6) is 8.38. The minimum Gasteiger partial charge on any atom is -0.149 e. The van der Waals surface area contributed by atoms with Crippen LogP contribution in [0, 0.1) is 11.8 Å². The topological polar surface area (TPSA) is 0 Å². The number of thioether (sulfide) groups is 1. The first kappa shape index (κ1) is 8.91. The summed E-state index contributed by atoms with van der Waals surface area (Å²) in [6.07, 6.45) is 2.26. The normalized spacial score (nSPS) is 8.22. The first-order chi connectivity index (χ1) is 4.41. The molecule has 0 rings (SSSR count). The zero-order chi connectivity index (χ0) is 6.95. The van der Waals surface area contributed by atoms with Crippen LogP contribution in [0.5, 0.6) is 0 Å². The molecule has 0 saturated heterocycles. The van der Waals surface area contributed by atoms with Crippen LogP contribution in [0.25, 0.3) is 0 Å². The monoisotopic (exact) mass is 142 g/mol. The van der Waals surface area contributed by atoms with Crippen molar-refractivity contribution < 1.29 is 0 Å². The highest BCUT2D eigenvalue weighted by atomic mass is 32.2. The predicted octanol–water partition coefficient (Wildman–Crippen LogP) is 2.54. The highest BCUT2D eigenvalue weighted by molar-refractivity contribution is 7.99. The van der Waals surface area contributed by atoms with Crippen LogP contribution >= 0.6 is 11.8 Å². The van der Waals surface area contributed by atoms with E-state index < -0.39 is 0 Å². The summed E-state index contributed by atoms with van der Waals surface area (Å²) in [7, 11) is 0. The molecule has 0 aliphatic carbocycles. The summed E-state index contributed by atoms with van der Waals surface area (Å²) in [6.45, 7) is 4.28. The van der Waals surface area contributed by atoms with Gasteiger partial charge in [0.15, 0.2) is 0 Å². The Labute approximate surface area is 62.4 Å². The Morgan fingerprint density at radius 2 is 2.00 bits per heavy atom. The van der Waals surface area contributed by atoms with Gasteiger partial charge in [0, 0.05) is 6.42 Å². The highest BCUT2D eigenvalue weighted by Crippen LogP contribution is 1.99. The third-order valence-corrected chi connectivity index (χ3v) is 1.87. The number of hydrogen-bond donors (Lipinski definition) is 0. The lowest BCUT2D eigenvalue weighted by Gasteiger charge is -1.87. The van der Waals surface area contributed by atoms with Crippen molar-refractivity contribution in [3.8, 4) is 11.8 Å². The van der Waals surface area contributed by atoms with Crippen molar-refractivity contribution in [3.05, 3.63) is 0 Å². The summed E-state index contributed by atoms with van der Waals surface area (Å²) in [6, 6.07) is 0. The molecular formula is C8H14S. The van der Waals surface area contributed by atoms with Gasteiger partial charge in [0.1, 0.15) is 0 Å². The van der Waals surface area contributed by atoms with Crippen LogP contribution < -0.4 is 0 Å². The second-order valence-electron chi connectivity index (χ2n) is 1.76. The molecule has 0 aliphatic rings.